The van der Waals surface area contributed by atoms with Gasteiger partial charge >= 0.3 is 5.97 Å². The van der Waals surface area contributed by atoms with E-state index in [2.05, 4.69) is 26.1 Å². The average molecular weight is 296 g/mol. The molecule has 1 aromatic heterocycles. The number of aryl methyl sites for hydroxylation is 2. The molecule has 0 unspecified atom stereocenters. The van der Waals surface area contributed by atoms with Gasteiger partial charge in [0.15, 0.2) is 4.60 Å². The maximum Gasteiger partial charge on any atom is 0.337 e. The zero-order valence-electron chi connectivity index (χ0n) is 9.31. The Morgan fingerprint density at radius 3 is 2.59 bits per heavy atom. The van der Waals surface area contributed by atoms with E-state index < -0.39 is 5.97 Å². The molecule has 0 radical (unpaired) electrons. The summed E-state index contributed by atoms with van der Waals surface area (Å²) < 4.78 is 0.606. The van der Waals surface area contributed by atoms with Gasteiger partial charge in [0, 0.05) is 0 Å². The normalized spacial score (nSPS) is 10.5. The third kappa shape index (κ3) is 2.21. The Morgan fingerprint density at radius 1 is 1.35 bits per heavy atom. The molecule has 88 valence electrons. The lowest BCUT2D eigenvalue weighted by Gasteiger charge is -2.05. The molecule has 2 aromatic rings. The molecule has 1 aromatic carbocycles. The predicted molar refractivity (Wildman–Crippen MR) is 65.5 cm³/mol. The van der Waals surface area contributed by atoms with Crippen LogP contribution in [0.15, 0.2) is 22.8 Å². The Balaban J connectivity index is 2.62. The van der Waals surface area contributed by atoms with Gasteiger partial charge in [-0.15, -0.1) is 9.90 Å². The quantitative estimate of drug-likeness (QED) is 0.923. The summed E-state index contributed by atoms with van der Waals surface area (Å²) in [5.41, 5.74) is 2.24. The first-order chi connectivity index (χ1) is 7.99. The van der Waals surface area contributed by atoms with Crippen LogP contribution in [0.1, 0.15) is 21.6 Å². The molecule has 0 spiro atoms. The van der Waals surface area contributed by atoms with Gasteiger partial charge in [0.2, 0.25) is 0 Å². The second kappa shape index (κ2) is 4.29. The fourth-order valence-electron chi connectivity index (χ4n) is 1.46. The van der Waals surface area contributed by atoms with Gasteiger partial charge in [-0.2, -0.15) is 5.10 Å². The van der Waals surface area contributed by atoms with Gasteiger partial charge in [-0.25, -0.2) is 4.79 Å². The Labute approximate surface area is 106 Å². The van der Waals surface area contributed by atoms with Crippen molar-refractivity contribution in [2.24, 2.45) is 0 Å². The van der Waals surface area contributed by atoms with Crippen LogP contribution in [0.4, 0.5) is 0 Å². The molecule has 17 heavy (non-hydrogen) atoms. The summed E-state index contributed by atoms with van der Waals surface area (Å²) in [7, 11) is 0. The molecule has 0 saturated carbocycles. The minimum absolute atomic E-state index is 0.188. The largest absolute Gasteiger partial charge is 0.478 e. The third-order valence-electron chi connectivity index (χ3n) is 2.32. The molecular formula is C11H10BrN3O2. The van der Waals surface area contributed by atoms with Gasteiger partial charge in [0.25, 0.3) is 0 Å². The van der Waals surface area contributed by atoms with E-state index in [1.807, 2.05) is 13.0 Å². The van der Waals surface area contributed by atoms with E-state index in [0.29, 0.717) is 16.0 Å². The van der Waals surface area contributed by atoms with E-state index in [1.165, 1.54) is 4.80 Å². The zero-order valence-corrected chi connectivity index (χ0v) is 10.9. The molecule has 0 fully saturated rings. The highest BCUT2D eigenvalue weighted by Gasteiger charge is 2.14. The molecule has 0 atom stereocenters. The van der Waals surface area contributed by atoms with Crippen LogP contribution in [0, 0.1) is 13.8 Å². The van der Waals surface area contributed by atoms with Crippen LogP contribution in [-0.2, 0) is 0 Å². The maximum absolute atomic E-state index is 11.2. The SMILES string of the molecule is Cc1ccc(-n2nc(C)c(Br)n2)c(C(=O)O)c1. The fraction of sp³-hybridized carbons (Fsp3) is 0.182. The number of aromatic carboxylic acids is 1. The van der Waals surface area contributed by atoms with Crippen molar-refractivity contribution in [2.75, 3.05) is 0 Å². The van der Waals surface area contributed by atoms with Crippen molar-refractivity contribution in [1.82, 2.24) is 15.0 Å². The number of hydrogen-bond donors (Lipinski definition) is 1. The standard InChI is InChI=1S/C11H10BrN3O2/c1-6-3-4-9(8(5-6)11(16)17)15-13-7(2)10(12)14-15/h3-5H,1-2H3,(H,16,17). The van der Waals surface area contributed by atoms with Gasteiger partial charge in [-0.1, -0.05) is 11.6 Å². The molecule has 1 N–H and O–H groups in total. The van der Waals surface area contributed by atoms with Crippen molar-refractivity contribution >= 4 is 21.9 Å². The molecule has 5 nitrogen and oxygen atoms in total. The van der Waals surface area contributed by atoms with E-state index >= 15 is 0 Å². The second-order valence-electron chi connectivity index (χ2n) is 3.69. The number of rotatable bonds is 2. The number of benzene rings is 1. The summed E-state index contributed by atoms with van der Waals surface area (Å²) in [6, 6.07) is 5.13. The van der Waals surface area contributed by atoms with Gasteiger partial charge in [-0.3, -0.25) is 0 Å². The zero-order chi connectivity index (χ0) is 12.6. The van der Waals surface area contributed by atoms with Crippen molar-refractivity contribution < 1.29 is 9.90 Å². The average Bonchev–Trinajstić information content (AvgIpc) is 2.59. The van der Waals surface area contributed by atoms with Gasteiger partial charge in [0.05, 0.1) is 11.3 Å². The number of hydrogen-bond acceptors (Lipinski definition) is 3. The number of aromatic nitrogens is 3. The van der Waals surface area contributed by atoms with Crippen molar-refractivity contribution in [3.8, 4) is 5.69 Å². The van der Waals surface area contributed by atoms with Crippen molar-refractivity contribution in [1.29, 1.82) is 0 Å². The predicted octanol–water partition coefficient (Wildman–Crippen LogP) is 2.34. The minimum Gasteiger partial charge on any atom is -0.478 e. The number of carbonyl (C=O) groups is 1. The van der Waals surface area contributed by atoms with E-state index in [0.717, 1.165) is 5.56 Å². The summed E-state index contributed by atoms with van der Waals surface area (Å²) >= 11 is 3.25. The van der Waals surface area contributed by atoms with Crippen molar-refractivity contribution in [2.45, 2.75) is 13.8 Å². The first-order valence-electron chi connectivity index (χ1n) is 4.93. The maximum atomic E-state index is 11.2. The summed E-state index contributed by atoms with van der Waals surface area (Å²) in [6.07, 6.45) is 0. The molecule has 0 bridgehead atoms. The monoisotopic (exact) mass is 295 g/mol. The van der Waals surface area contributed by atoms with Crippen LogP contribution in [0.25, 0.3) is 5.69 Å². The van der Waals surface area contributed by atoms with Crippen LogP contribution in [0.3, 0.4) is 0 Å². The topological polar surface area (TPSA) is 68.0 Å². The lowest BCUT2D eigenvalue weighted by atomic mass is 10.1. The van der Waals surface area contributed by atoms with E-state index in [1.54, 1.807) is 19.1 Å². The highest BCUT2D eigenvalue weighted by atomic mass is 79.9. The molecule has 1 heterocycles. The molecular weight excluding hydrogens is 286 g/mol. The molecule has 0 aliphatic rings. The van der Waals surface area contributed by atoms with Crippen molar-refractivity contribution in [3.63, 3.8) is 0 Å². The Bertz CT molecular complexity index is 573. The van der Waals surface area contributed by atoms with E-state index in [9.17, 15) is 4.79 Å². The Hall–Kier alpha value is -1.69. The third-order valence-corrected chi connectivity index (χ3v) is 3.06. The number of halogens is 1. The number of carboxylic acid groups (broad SMARTS) is 1. The second-order valence-corrected chi connectivity index (χ2v) is 4.44. The van der Waals surface area contributed by atoms with E-state index in [-0.39, 0.29) is 5.56 Å². The summed E-state index contributed by atoms with van der Waals surface area (Å²) in [4.78, 5) is 12.5. The first-order valence-corrected chi connectivity index (χ1v) is 5.72. The lowest BCUT2D eigenvalue weighted by Crippen LogP contribution is -2.08. The molecule has 0 saturated heterocycles. The van der Waals surface area contributed by atoms with Crippen LogP contribution in [0.5, 0.6) is 0 Å². The highest BCUT2D eigenvalue weighted by Crippen LogP contribution is 2.18. The smallest absolute Gasteiger partial charge is 0.337 e. The van der Waals surface area contributed by atoms with Crippen molar-refractivity contribution in [3.05, 3.63) is 39.6 Å². The van der Waals surface area contributed by atoms with Gasteiger partial charge in [-0.05, 0) is 41.9 Å². The molecule has 0 amide bonds. The van der Waals surface area contributed by atoms with Crippen LogP contribution in [0.2, 0.25) is 0 Å². The number of nitrogens with zero attached hydrogens (tertiary/aromatic N) is 3. The summed E-state index contributed by atoms with van der Waals surface area (Å²) in [5, 5.41) is 17.4. The molecule has 0 aliphatic heterocycles. The van der Waals surface area contributed by atoms with Gasteiger partial charge in [0.1, 0.15) is 5.69 Å². The summed E-state index contributed by atoms with van der Waals surface area (Å²) in [5.74, 6) is -0.991. The Morgan fingerprint density at radius 2 is 2.06 bits per heavy atom. The molecule has 0 aliphatic carbocycles. The highest BCUT2D eigenvalue weighted by molar-refractivity contribution is 9.10. The van der Waals surface area contributed by atoms with E-state index in [4.69, 9.17) is 5.11 Å². The lowest BCUT2D eigenvalue weighted by molar-refractivity contribution is 0.0696. The van der Waals surface area contributed by atoms with Crippen LogP contribution < -0.4 is 0 Å². The van der Waals surface area contributed by atoms with Crippen LogP contribution >= 0.6 is 15.9 Å². The molecule has 2 rings (SSSR count). The minimum atomic E-state index is -0.991. The number of carboxylic acids is 1. The molecule has 6 heteroatoms. The van der Waals surface area contributed by atoms with Crippen LogP contribution in [-0.4, -0.2) is 26.1 Å². The summed E-state index contributed by atoms with van der Waals surface area (Å²) in [6.45, 7) is 3.64. The first kappa shape index (κ1) is 11.8. The fourth-order valence-corrected chi connectivity index (χ4v) is 1.69. The Kier molecular flexibility index (Phi) is 2.97. The van der Waals surface area contributed by atoms with Gasteiger partial charge < -0.3 is 5.11 Å².